The average Bonchev–Trinajstić information content (AvgIpc) is 2.86. The highest BCUT2D eigenvalue weighted by Gasteiger charge is 2.19. The Bertz CT molecular complexity index is 604. The molecule has 2 N–H and O–H groups in total. The summed E-state index contributed by atoms with van der Waals surface area (Å²) < 4.78 is 3.98. The van der Waals surface area contributed by atoms with Crippen molar-refractivity contribution >= 4 is 22.4 Å². The van der Waals surface area contributed by atoms with Gasteiger partial charge < -0.3 is 0 Å². The molecular formula is C12H11N5OS. The number of Topliss-reactive ketones (excluding diaryl/α,β-unsaturated/α-hetero) is 1. The first-order valence-electron chi connectivity index (χ1n) is 5.51. The van der Waals surface area contributed by atoms with Gasteiger partial charge in [-0.25, -0.2) is 10.4 Å². The molecule has 0 bridgehead atoms. The molecule has 96 valence electrons. The summed E-state index contributed by atoms with van der Waals surface area (Å²) in [7, 11) is 0. The molecule has 0 saturated heterocycles. The standard InChI is InChI=1S/C12H11N5OS/c1-8-14-12(19-17-8)16-15-10(7-13)11(18)9-5-3-2-4-6-9/h2-6,10,15H,1H3,(H,14,16,17). The Morgan fingerprint density at radius 1 is 1.42 bits per heavy atom. The zero-order valence-electron chi connectivity index (χ0n) is 10.1. The number of hydrazine groups is 1. The number of aromatic nitrogens is 2. The predicted molar refractivity (Wildman–Crippen MR) is 71.6 cm³/mol. The summed E-state index contributed by atoms with van der Waals surface area (Å²) >= 11 is 1.15. The minimum absolute atomic E-state index is 0.295. The van der Waals surface area contributed by atoms with Crippen molar-refractivity contribution in [2.45, 2.75) is 13.0 Å². The van der Waals surface area contributed by atoms with Crippen molar-refractivity contribution in [1.82, 2.24) is 14.8 Å². The summed E-state index contributed by atoms with van der Waals surface area (Å²) in [6.07, 6.45) is 0. The second-order valence-electron chi connectivity index (χ2n) is 3.71. The summed E-state index contributed by atoms with van der Waals surface area (Å²) in [6, 6.07) is 9.59. The topological polar surface area (TPSA) is 90.7 Å². The number of benzene rings is 1. The largest absolute Gasteiger partial charge is 0.294 e. The van der Waals surface area contributed by atoms with Gasteiger partial charge in [-0.15, -0.1) is 0 Å². The van der Waals surface area contributed by atoms with Gasteiger partial charge in [-0.3, -0.25) is 10.2 Å². The number of hydrogen-bond donors (Lipinski definition) is 2. The third-order valence-electron chi connectivity index (χ3n) is 2.30. The van der Waals surface area contributed by atoms with E-state index in [9.17, 15) is 4.79 Å². The fraction of sp³-hybridized carbons (Fsp3) is 0.167. The van der Waals surface area contributed by atoms with Crippen molar-refractivity contribution < 1.29 is 4.79 Å². The monoisotopic (exact) mass is 273 g/mol. The number of aryl methyl sites for hydroxylation is 1. The van der Waals surface area contributed by atoms with Crippen LogP contribution in [0.3, 0.4) is 0 Å². The minimum atomic E-state index is -0.980. The van der Waals surface area contributed by atoms with Crippen molar-refractivity contribution in [1.29, 1.82) is 5.26 Å². The lowest BCUT2D eigenvalue weighted by molar-refractivity contribution is 0.0969. The Balaban J connectivity index is 2.01. The van der Waals surface area contributed by atoms with Crippen molar-refractivity contribution in [3.8, 4) is 6.07 Å². The molecule has 1 aromatic heterocycles. The highest BCUT2D eigenvalue weighted by molar-refractivity contribution is 7.09. The molecule has 6 nitrogen and oxygen atoms in total. The smallest absolute Gasteiger partial charge is 0.217 e. The molecule has 1 aromatic carbocycles. The van der Waals surface area contributed by atoms with Gasteiger partial charge in [0.1, 0.15) is 5.82 Å². The predicted octanol–water partition coefficient (Wildman–Crippen LogP) is 1.54. The van der Waals surface area contributed by atoms with Crippen LogP contribution in [0.15, 0.2) is 30.3 Å². The van der Waals surface area contributed by atoms with Crippen LogP contribution < -0.4 is 10.9 Å². The molecule has 0 spiro atoms. The van der Waals surface area contributed by atoms with E-state index in [-0.39, 0.29) is 5.78 Å². The summed E-state index contributed by atoms with van der Waals surface area (Å²) in [5, 5.41) is 9.55. The van der Waals surface area contributed by atoms with E-state index in [1.807, 2.05) is 12.1 Å². The van der Waals surface area contributed by atoms with E-state index in [0.29, 0.717) is 16.5 Å². The SMILES string of the molecule is Cc1nsc(NNC(C#N)C(=O)c2ccccc2)n1. The first-order valence-corrected chi connectivity index (χ1v) is 6.29. The Labute approximate surface area is 114 Å². The lowest BCUT2D eigenvalue weighted by Crippen LogP contribution is -2.39. The molecule has 0 radical (unpaired) electrons. The Morgan fingerprint density at radius 3 is 2.74 bits per heavy atom. The number of nitriles is 1. The lowest BCUT2D eigenvalue weighted by Gasteiger charge is -2.10. The number of ketones is 1. The van der Waals surface area contributed by atoms with E-state index in [0.717, 1.165) is 11.5 Å². The van der Waals surface area contributed by atoms with Crippen LogP contribution in [0.4, 0.5) is 5.13 Å². The number of nitrogens with zero attached hydrogens (tertiary/aromatic N) is 3. The van der Waals surface area contributed by atoms with Crippen LogP contribution >= 0.6 is 11.5 Å². The first-order chi connectivity index (χ1) is 9.20. The molecule has 19 heavy (non-hydrogen) atoms. The maximum Gasteiger partial charge on any atom is 0.217 e. The van der Waals surface area contributed by atoms with Crippen LogP contribution in [0.25, 0.3) is 0 Å². The van der Waals surface area contributed by atoms with Crippen LogP contribution in [0.5, 0.6) is 0 Å². The Hall–Kier alpha value is -2.30. The van der Waals surface area contributed by atoms with Crippen molar-refractivity contribution in [2.24, 2.45) is 0 Å². The average molecular weight is 273 g/mol. The van der Waals surface area contributed by atoms with Crippen LogP contribution in [0.2, 0.25) is 0 Å². The highest BCUT2D eigenvalue weighted by atomic mass is 32.1. The van der Waals surface area contributed by atoms with E-state index in [2.05, 4.69) is 20.2 Å². The van der Waals surface area contributed by atoms with E-state index >= 15 is 0 Å². The maximum atomic E-state index is 12.0. The van der Waals surface area contributed by atoms with Gasteiger partial charge in [-0.2, -0.15) is 9.64 Å². The normalized spacial score (nSPS) is 11.6. The molecule has 0 amide bonds. The Kier molecular flexibility index (Phi) is 4.18. The zero-order chi connectivity index (χ0) is 13.7. The second kappa shape index (κ2) is 6.04. The third-order valence-corrected chi connectivity index (χ3v) is 3.02. The van der Waals surface area contributed by atoms with Crippen LogP contribution in [-0.2, 0) is 0 Å². The molecule has 1 unspecified atom stereocenters. The lowest BCUT2D eigenvalue weighted by atomic mass is 10.1. The Morgan fingerprint density at radius 2 is 2.16 bits per heavy atom. The number of carbonyl (C=O) groups is 1. The van der Waals surface area contributed by atoms with Crippen molar-refractivity contribution in [3.63, 3.8) is 0 Å². The third kappa shape index (κ3) is 3.34. The summed E-state index contributed by atoms with van der Waals surface area (Å²) in [4.78, 5) is 16.1. The second-order valence-corrected chi connectivity index (χ2v) is 4.46. The molecule has 7 heteroatoms. The maximum absolute atomic E-state index is 12.0. The van der Waals surface area contributed by atoms with Gasteiger partial charge in [0.2, 0.25) is 5.13 Å². The molecule has 0 fully saturated rings. The van der Waals surface area contributed by atoms with Crippen LogP contribution in [0, 0.1) is 18.3 Å². The molecule has 0 aliphatic carbocycles. The first kappa shape index (κ1) is 13.1. The molecule has 0 aliphatic heterocycles. The molecule has 1 heterocycles. The van der Waals surface area contributed by atoms with Gasteiger partial charge in [-0.05, 0) is 6.92 Å². The molecule has 2 rings (SSSR count). The number of anilines is 1. The van der Waals surface area contributed by atoms with E-state index in [4.69, 9.17) is 5.26 Å². The van der Waals surface area contributed by atoms with Gasteiger partial charge in [0.05, 0.1) is 6.07 Å². The number of carbonyl (C=O) groups excluding carboxylic acids is 1. The van der Waals surface area contributed by atoms with Crippen LogP contribution in [-0.4, -0.2) is 21.2 Å². The van der Waals surface area contributed by atoms with Crippen LogP contribution in [0.1, 0.15) is 16.2 Å². The molecular weight excluding hydrogens is 262 g/mol. The molecule has 0 aliphatic rings. The van der Waals surface area contributed by atoms with Crippen molar-refractivity contribution in [3.05, 3.63) is 41.7 Å². The number of rotatable bonds is 5. The molecule has 1 atom stereocenters. The summed E-state index contributed by atoms with van der Waals surface area (Å²) in [6.45, 7) is 1.76. The number of hydrogen-bond acceptors (Lipinski definition) is 7. The fourth-order valence-electron chi connectivity index (χ4n) is 1.41. The number of nitrogens with one attached hydrogen (secondary N) is 2. The van der Waals surface area contributed by atoms with Gasteiger partial charge in [0, 0.05) is 17.1 Å². The van der Waals surface area contributed by atoms with E-state index in [1.165, 1.54) is 0 Å². The van der Waals surface area contributed by atoms with E-state index < -0.39 is 6.04 Å². The van der Waals surface area contributed by atoms with Gasteiger partial charge in [0.25, 0.3) is 0 Å². The quantitative estimate of drug-likeness (QED) is 0.634. The van der Waals surface area contributed by atoms with E-state index in [1.54, 1.807) is 31.2 Å². The van der Waals surface area contributed by atoms with Gasteiger partial charge >= 0.3 is 0 Å². The van der Waals surface area contributed by atoms with Gasteiger partial charge in [0.15, 0.2) is 11.8 Å². The zero-order valence-corrected chi connectivity index (χ0v) is 10.9. The van der Waals surface area contributed by atoms with Crippen molar-refractivity contribution in [2.75, 3.05) is 5.43 Å². The molecule has 0 saturated carbocycles. The van der Waals surface area contributed by atoms with Gasteiger partial charge in [-0.1, -0.05) is 30.3 Å². The highest BCUT2D eigenvalue weighted by Crippen LogP contribution is 2.09. The fourth-order valence-corrected chi connectivity index (χ4v) is 1.94. The summed E-state index contributed by atoms with van der Waals surface area (Å²) in [5.41, 5.74) is 5.85. The molecule has 2 aromatic rings. The summed E-state index contributed by atoms with van der Waals surface area (Å²) in [5.74, 6) is 0.342. The minimum Gasteiger partial charge on any atom is -0.294 e.